The fourth-order valence-corrected chi connectivity index (χ4v) is 4.86. The van der Waals surface area contributed by atoms with Gasteiger partial charge in [0.2, 0.25) is 5.91 Å². The van der Waals surface area contributed by atoms with Crippen molar-refractivity contribution in [3.05, 3.63) is 44.3 Å². The molecule has 1 fully saturated rings. The first-order valence-corrected chi connectivity index (χ1v) is 10.0. The van der Waals surface area contributed by atoms with Crippen LogP contribution in [0.3, 0.4) is 0 Å². The molecule has 128 valence electrons. The predicted molar refractivity (Wildman–Crippen MR) is 98.5 cm³/mol. The molecule has 2 aromatic rings. The van der Waals surface area contributed by atoms with Gasteiger partial charge in [-0.1, -0.05) is 18.9 Å². The standard InChI is InChI=1S/C18H22N2O2S2/c1-12-8-9-15(24-12)18(22)19-11-16(21)20-17(13-5-2-3-6-13)14-7-4-10-23-14/h4,7-10,13,17H,2-3,5-6,11H2,1H3,(H,19,22)(H,20,21). The van der Waals surface area contributed by atoms with Crippen LogP contribution in [0.2, 0.25) is 0 Å². The Balaban J connectivity index is 1.56. The molecule has 0 aliphatic heterocycles. The topological polar surface area (TPSA) is 58.2 Å². The maximum Gasteiger partial charge on any atom is 0.261 e. The van der Waals surface area contributed by atoms with Gasteiger partial charge in [-0.05, 0) is 49.3 Å². The monoisotopic (exact) mass is 362 g/mol. The average Bonchev–Trinajstić information content (AvgIpc) is 3.31. The van der Waals surface area contributed by atoms with E-state index in [1.54, 1.807) is 17.4 Å². The summed E-state index contributed by atoms with van der Waals surface area (Å²) in [6.07, 6.45) is 4.78. The molecule has 1 aliphatic carbocycles. The number of carbonyl (C=O) groups excluding carboxylic acids is 2. The molecule has 0 bridgehead atoms. The first kappa shape index (κ1) is 17.2. The van der Waals surface area contributed by atoms with E-state index in [1.807, 2.05) is 24.4 Å². The molecule has 0 radical (unpaired) electrons. The van der Waals surface area contributed by atoms with E-state index in [0.29, 0.717) is 10.8 Å². The molecular formula is C18H22N2O2S2. The van der Waals surface area contributed by atoms with Crippen molar-refractivity contribution < 1.29 is 9.59 Å². The Kier molecular flexibility index (Phi) is 5.68. The number of amides is 2. The summed E-state index contributed by atoms with van der Waals surface area (Å²) in [6, 6.07) is 7.88. The van der Waals surface area contributed by atoms with Crippen LogP contribution < -0.4 is 10.6 Å². The van der Waals surface area contributed by atoms with E-state index in [4.69, 9.17) is 0 Å². The van der Waals surface area contributed by atoms with Crippen LogP contribution in [0.4, 0.5) is 0 Å². The van der Waals surface area contributed by atoms with E-state index < -0.39 is 0 Å². The maximum absolute atomic E-state index is 12.3. The molecular weight excluding hydrogens is 340 g/mol. The van der Waals surface area contributed by atoms with Gasteiger partial charge in [-0.2, -0.15) is 0 Å². The molecule has 2 aromatic heterocycles. The van der Waals surface area contributed by atoms with Crippen molar-refractivity contribution in [1.29, 1.82) is 0 Å². The molecule has 0 spiro atoms. The van der Waals surface area contributed by atoms with Crippen molar-refractivity contribution in [3.63, 3.8) is 0 Å². The Hall–Kier alpha value is -1.66. The number of nitrogens with one attached hydrogen (secondary N) is 2. The lowest BCUT2D eigenvalue weighted by atomic mass is 9.96. The zero-order chi connectivity index (χ0) is 16.9. The van der Waals surface area contributed by atoms with Crippen LogP contribution >= 0.6 is 22.7 Å². The molecule has 1 atom stereocenters. The van der Waals surface area contributed by atoms with Crippen molar-refractivity contribution in [2.45, 2.75) is 38.6 Å². The van der Waals surface area contributed by atoms with Crippen molar-refractivity contribution in [2.75, 3.05) is 6.54 Å². The highest BCUT2D eigenvalue weighted by molar-refractivity contribution is 7.13. The summed E-state index contributed by atoms with van der Waals surface area (Å²) < 4.78 is 0. The van der Waals surface area contributed by atoms with Gasteiger partial charge in [-0.25, -0.2) is 0 Å². The number of carbonyl (C=O) groups is 2. The van der Waals surface area contributed by atoms with Gasteiger partial charge in [0.05, 0.1) is 17.5 Å². The summed E-state index contributed by atoms with van der Waals surface area (Å²) in [5.74, 6) is 0.196. The van der Waals surface area contributed by atoms with E-state index in [1.165, 1.54) is 29.1 Å². The molecule has 24 heavy (non-hydrogen) atoms. The third-order valence-electron chi connectivity index (χ3n) is 4.41. The van der Waals surface area contributed by atoms with E-state index >= 15 is 0 Å². The molecule has 1 aliphatic rings. The molecule has 0 aromatic carbocycles. The smallest absolute Gasteiger partial charge is 0.261 e. The van der Waals surface area contributed by atoms with Crippen LogP contribution in [0.1, 0.15) is 51.2 Å². The fourth-order valence-electron chi connectivity index (χ4n) is 3.21. The summed E-state index contributed by atoms with van der Waals surface area (Å²) in [6.45, 7) is 1.98. The van der Waals surface area contributed by atoms with Gasteiger partial charge in [0.25, 0.3) is 5.91 Å². The Morgan fingerprint density at radius 3 is 2.67 bits per heavy atom. The first-order chi connectivity index (χ1) is 11.6. The summed E-state index contributed by atoms with van der Waals surface area (Å²) >= 11 is 3.12. The van der Waals surface area contributed by atoms with E-state index in [-0.39, 0.29) is 24.4 Å². The van der Waals surface area contributed by atoms with Crippen LogP contribution in [0.25, 0.3) is 0 Å². The van der Waals surface area contributed by atoms with Gasteiger partial charge in [0.1, 0.15) is 0 Å². The molecule has 0 saturated heterocycles. The molecule has 2 amide bonds. The summed E-state index contributed by atoms with van der Waals surface area (Å²) in [5.41, 5.74) is 0. The lowest BCUT2D eigenvalue weighted by Gasteiger charge is -2.23. The first-order valence-electron chi connectivity index (χ1n) is 8.31. The largest absolute Gasteiger partial charge is 0.347 e. The Bertz CT molecular complexity index is 688. The second-order valence-corrected chi connectivity index (χ2v) is 8.47. The minimum atomic E-state index is -0.184. The summed E-state index contributed by atoms with van der Waals surface area (Å²) in [5, 5.41) is 7.90. The van der Waals surface area contributed by atoms with Gasteiger partial charge in [0, 0.05) is 9.75 Å². The van der Waals surface area contributed by atoms with Crippen molar-refractivity contribution in [3.8, 4) is 0 Å². The lowest BCUT2D eigenvalue weighted by molar-refractivity contribution is -0.121. The summed E-state index contributed by atoms with van der Waals surface area (Å²) in [7, 11) is 0. The van der Waals surface area contributed by atoms with Gasteiger partial charge < -0.3 is 10.6 Å². The Labute approximate surface area is 150 Å². The van der Waals surface area contributed by atoms with Crippen molar-refractivity contribution in [1.82, 2.24) is 10.6 Å². The van der Waals surface area contributed by atoms with Gasteiger partial charge in [-0.15, -0.1) is 22.7 Å². The number of aryl methyl sites for hydroxylation is 1. The third-order valence-corrected chi connectivity index (χ3v) is 6.37. The van der Waals surface area contributed by atoms with Gasteiger partial charge in [0.15, 0.2) is 0 Å². The molecule has 1 unspecified atom stereocenters. The summed E-state index contributed by atoms with van der Waals surface area (Å²) in [4.78, 5) is 27.3. The normalized spacial score (nSPS) is 16.0. The molecule has 6 heteroatoms. The Morgan fingerprint density at radius 1 is 1.25 bits per heavy atom. The SMILES string of the molecule is Cc1ccc(C(=O)NCC(=O)NC(c2cccs2)C2CCCC2)s1. The number of rotatable bonds is 6. The molecule has 2 heterocycles. The van der Waals surface area contributed by atoms with Gasteiger partial charge >= 0.3 is 0 Å². The van der Waals surface area contributed by atoms with Crippen LogP contribution in [0.5, 0.6) is 0 Å². The molecule has 1 saturated carbocycles. The van der Waals surface area contributed by atoms with E-state index in [2.05, 4.69) is 16.7 Å². The molecule has 2 N–H and O–H groups in total. The second-order valence-electron chi connectivity index (χ2n) is 6.20. The highest BCUT2D eigenvalue weighted by Crippen LogP contribution is 2.37. The minimum absolute atomic E-state index is 0.0182. The van der Waals surface area contributed by atoms with Crippen LogP contribution in [0.15, 0.2) is 29.6 Å². The van der Waals surface area contributed by atoms with Gasteiger partial charge in [-0.3, -0.25) is 9.59 Å². The average molecular weight is 363 g/mol. The lowest BCUT2D eigenvalue weighted by Crippen LogP contribution is -2.40. The zero-order valence-electron chi connectivity index (χ0n) is 13.7. The van der Waals surface area contributed by atoms with E-state index in [9.17, 15) is 9.59 Å². The van der Waals surface area contributed by atoms with E-state index in [0.717, 1.165) is 17.7 Å². The highest BCUT2D eigenvalue weighted by atomic mass is 32.1. The minimum Gasteiger partial charge on any atom is -0.347 e. The fraction of sp³-hybridized carbons (Fsp3) is 0.444. The molecule has 4 nitrogen and oxygen atoms in total. The quantitative estimate of drug-likeness (QED) is 0.819. The predicted octanol–water partition coefficient (Wildman–Crippen LogP) is 3.90. The second kappa shape index (κ2) is 7.94. The highest BCUT2D eigenvalue weighted by Gasteiger charge is 2.28. The van der Waals surface area contributed by atoms with Crippen LogP contribution in [-0.2, 0) is 4.79 Å². The van der Waals surface area contributed by atoms with Crippen LogP contribution in [-0.4, -0.2) is 18.4 Å². The third kappa shape index (κ3) is 4.24. The van der Waals surface area contributed by atoms with Crippen LogP contribution in [0, 0.1) is 12.8 Å². The zero-order valence-corrected chi connectivity index (χ0v) is 15.3. The molecule has 3 rings (SSSR count). The number of hydrogen-bond acceptors (Lipinski definition) is 4. The Morgan fingerprint density at radius 2 is 2.04 bits per heavy atom. The van der Waals surface area contributed by atoms with Crippen molar-refractivity contribution in [2.24, 2.45) is 5.92 Å². The van der Waals surface area contributed by atoms with Crippen molar-refractivity contribution >= 4 is 34.5 Å². The number of hydrogen-bond donors (Lipinski definition) is 2. The maximum atomic E-state index is 12.3. The number of thiophene rings is 2.